The minimum absolute atomic E-state index is 0.119. The lowest BCUT2D eigenvalue weighted by molar-refractivity contribution is -0.156. The fraction of sp³-hybridized carbons (Fsp3) is 0.529. The first-order valence-electron chi connectivity index (χ1n) is 7.32. The molecule has 1 fully saturated rings. The Hall–Kier alpha value is -1.84. The number of aliphatic hydroxyl groups is 1. The van der Waals surface area contributed by atoms with E-state index in [0.29, 0.717) is 12.0 Å². The quantitative estimate of drug-likeness (QED) is 0.627. The highest BCUT2D eigenvalue weighted by molar-refractivity contribution is 6.03. The predicted octanol–water partition coefficient (Wildman–Crippen LogP) is 2.86. The molecule has 0 aromatic heterocycles. The van der Waals surface area contributed by atoms with Gasteiger partial charge in [0.2, 0.25) is 0 Å². The van der Waals surface area contributed by atoms with Crippen LogP contribution in [0.5, 0.6) is 0 Å². The molecule has 3 unspecified atom stereocenters. The maximum absolute atomic E-state index is 12.7. The van der Waals surface area contributed by atoms with E-state index in [2.05, 4.69) is 0 Å². The van der Waals surface area contributed by atoms with E-state index in [1.54, 1.807) is 6.92 Å². The van der Waals surface area contributed by atoms with Gasteiger partial charge in [0.1, 0.15) is 11.2 Å². The standard InChI is InChI=1S/C17H20O4/c1-5-21-15(20)17-8-16(4,9(2)10(17)3)13-11(18)6-7-12(19)14(13)17/h6-7,14,18H,5,8H2,1-4H3. The van der Waals surface area contributed by atoms with Crippen molar-refractivity contribution in [3.63, 3.8) is 0 Å². The topological polar surface area (TPSA) is 63.6 Å². The van der Waals surface area contributed by atoms with E-state index in [4.69, 9.17) is 4.74 Å². The molecule has 0 aliphatic heterocycles. The summed E-state index contributed by atoms with van der Waals surface area (Å²) >= 11 is 0. The van der Waals surface area contributed by atoms with Gasteiger partial charge in [0.25, 0.3) is 0 Å². The first kappa shape index (κ1) is 14.1. The Labute approximate surface area is 124 Å². The lowest BCUT2D eigenvalue weighted by atomic mass is 9.64. The highest BCUT2D eigenvalue weighted by Crippen LogP contribution is 2.70. The van der Waals surface area contributed by atoms with Gasteiger partial charge < -0.3 is 9.84 Å². The van der Waals surface area contributed by atoms with Crippen LogP contribution in [0.1, 0.15) is 34.1 Å². The molecule has 3 rings (SSSR count). The number of rotatable bonds is 2. The second kappa shape index (κ2) is 4.09. The normalized spacial score (nSPS) is 37.3. The molecule has 2 bridgehead atoms. The second-order valence-corrected chi connectivity index (χ2v) is 6.42. The van der Waals surface area contributed by atoms with Gasteiger partial charge in [-0.1, -0.05) is 18.1 Å². The number of fused-ring (bicyclic) bond motifs is 5. The van der Waals surface area contributed by atoms with Crippen molar-refractivity contribution in [3.05, 3.63) is 34.6 Å². The van der Waals surface area contributed by atoms with Crippen molar-refractivity contribution in [1.29, 1.82) is 0 Å². The Morgan fingerprint density at radius 3 is 2.67 bits per heavy atom. The van der Waals surface area contributed by atoms with Gasteiger partial charge in [0.05, 0.1) is 12.5 Å². The lowest BCUT2D eigenvalue weighted by Crippen LogP contribution is -2.42. The van der Waals surface area contributed by atoms with Crippen molar-refractivity contribution in [1.82, 2.24) is 0 Å². The Morgan fingerprint density at radius 2 is 2.05 bits per heavy atom. The Morgan fingerprint density at radius 1 is 1.38 bits per heavy atom. The largest absolute Gasteiger partial charge is 0.508 e. The summed E-state index contributed by atoms with van der Waals surface area (Å²) in [6.45, 7) is 7.95. The molecule has 0 aromatic carbocycles. The zero-order valence-electron chi connectivity index (χ0n) is 12.8. The first-order valence-corrected chi connectivity index (χ1v) is 7.32. The van der Waals surface area contributed by atoms with Crippen molar-refractivity contribution in [2.75, 3.05) is 6.61 Å². The van der Waals surface area contributed by atoms with Crippen molar-refractivity contribution in [2.45, 2.75) is 34.1 Å². The fourth-order valence-corrected chi connectivity index (χ4v) is 4.52. The van der Waals surface area contributed by atoms with Gasteiger partial charge in [0.15, 0.2) is 5.78 Å². The van der Waals surface area contributed by atoms with Gasteiger partial charge in [-0.25, -0.2) is 0 Å². The number of ether oxygens (including phenoxy) is 1. The molecule has 0 radical (unpaired) electrons. The monoisotopic (exact) mass is 288 g/mol. The van der Waals surface area contributed by atoms with Gasteiger partial charge in [0, 0.05) is 5.41 Å². The Kier molecular flexibility index (Phi) is 2.75. The van der Waals surface area contributed by atoms with E-state index < -0.39 is 16.7 Å². The van der Waals surface area contributed by atoms with Crippen molar-refractivity contribution in [3.8, 4) is 0 Å². The van der Waals surface area contributed by atoms with Crippen LogP contribution in [0.25, 0.3) is 0 Å². The molecule has 3 aliphatic carbocycles. The summed E-state index contributed by atoms with van der Waals surface area (Å²) in [7, 11) is 0. The van der Waals surface area contributed by atoms with E-state index in [9.17, 15) is 14.7 Å². The molecule has 4 heteroatoms. The zero-order valence-corrected chi connectivity index (χ0v) is 12.8. The van der Waals surface area contributed by atoms with Crippen LogP contribution in [0.15, 0.2) is 34.6 Å². The van der Waals surface area contributed by atoms with Crippen LogP contribution in [0.3, 0.4) is 0 Å². The van der Waals surface area contributed by atoms with Gasteiger partial charge in [-0.15, -0.1) is 0 Å². The van der Waals surface area contributed by atoms with E-state index in [1.165, 1.54) is 12.2 Å². The maximum atomic E-state index is 12.7. The SMILES string of the molecule is CCOC(=O)C12CC(C)(C(C)=C1C)C1=C(O)C=CC(=O)C12. The number of aliphatic hydroxyl groups excluding tert-OH is 1. The van der Waals surface area contributed by atoms with Crippen LogP contribution in [-0.4, -0.2) is 23.5 Å². The lowest BCUT2D eigenvalue weighted by Gasteiger charge is -2.37. The van der Waals surface area contributed by atoms with E-state index in [0.717, 1.165) is 11.1 Å². The summed E-state index contributed by atoms with van der Waals surface area (Å²) in [5.41, 5.74) is 1.29. The second-order valence-electron chi connectivity index (χ2n) is 6.42. The molecule has 3 aliphatic rings. The maximum Gasteiger partial charge on any atom is 0.317 e. The third-order valence-electron chi connectivity index (χ3n) is 5.67. The minimum atomic E-state index is -0.944. The van der Waals surface area contributed by atoms with Gasteiger partial charge >= 0.3 is 5.97 Å². The molecule has 1 N–H and O–H groups in total. The molecule has 1 saturated carbocycles. The highest BCUT2D eigenvalue weighted by atomic mass is 16.5. The molecular formula is C17H20O4. The summed E-state index contributed by atoms with van der Waals surface area (Å²) in [6.07, 6.45) is 3.33. The molecule has 0 amide bonds. The summed E-state index contributed by atoms with van der Waals surface area (Å²) in [5, 5.41) is 10.3. The highest BCUT2D eigenvalue weighted by Gasteiger charge is 2.69. The van der Waals surface area contributed by atoms with Gasteiger partial charge in [-0.05, 0) is 44.9 Å². The van der Waals surface area contributed by atoms with Crippen LogP contribution >= 0.6 is 0 Å². The molecule has 4 nitrogen and oxygen atoms in total. The summed E-state index contributed by atoms with van der Waals surface area (Å²) in [5.74, 6) is -0.955. The number of ketones is 1. The van der Waals surface area contributed by atoms with Crippen molar-refractivity contribution >= 4 is 11.8 Å². The molecule has 112 valence electrons. The number of carbonyl (C=O) groups excluding carboxylic acids is 2. The average molecular weight is 288 g/mol. The van der Waals surface area contributed by atoms with Crippen LogP contribution in [0, 0.1) is 16.7 Å². The smallest absolute Gasteiger partial charge is 0.317 e. The molecule has 21 heavy (non-hydrogen) atoms. The fourth-order valence-electron chi connectivity index (χ4n) is 4.52. The van der Waals surface area contributed by atoms with E-state index in [-0.39, 0.29) is 24.1 Å². The third kappa shape index (κ3) is 1.40. The number of allylic oxidation sites excluding steroid dienone is 4. The molecule has 0 aromatic rings. The number of esters is 1. The van der Waals surface area contributed by atoms with Crippen LogP contribution in [-0.2, 0) is 14.3 Å². The molecule has 0 spiro atoms. The summed E-state index contributed by atoms with van der Waals surface area (Å²) < 4.78 is 5.29. The average Bonchev–Trinajstić information content (AvgIpc) is 2.84. The predicted molar refractivity (Wildman–Crippen MR) is 77.5 cm³/mol. The number of carbonyl (C=O) groups is 2. The Balaban J connectivity index is 2.29. The minimum Gasteiger partial charge on any atom is -0.508 e. The van der Waals surface area contributed by atoms with Crippen molar-refractivity contribution < 1.29 is 19.4 Å². The number of hydrogen-bond acceptors (Lipinski definition) is 4. The summed E-state index contributed by atoms with van der Waals surface area (Å²) in [4.78, 5) is 25.2. The molecular weight excluding hydrogens is 268 g/mol. The number of hydrogen-bond donors (Lipinski definition) is 1. The zero-order chi connectivity index (χ0) is 15.6. The summed E-state index contributed by atoms with van der Waals surface area (Å²) in [6, 6.07) is 0. The van der Waals surface area contributed by atoms with Crippen LogP contribution in [0.4, 0.5) is 0 Å². The van der Waals surface area contributed by atoms with E-state index in [1.807, 2.05) is 20.8 Å². The third-order valence-corrected chi connectivity index (χ3v) is 5.67. The Bertz CT molecular complexity index is 652. The molecule has 0 heterocycles. The molecule has 3 atom stereocenters. The van der Waals surface area contributed by atoms with Gasteiger partial charge in [-0.2, -0.15) is 0 Å². The van der Waals surface area contributed by atoms with Crippen LogP contribution in [0.2, 0.25) is 0 Å². The van der Waals surface area contributed by atoms with Gasteiger partial charge in [-0.3, -0.25) is 9.59 Å². The molecule has 0 saturated heterocycles. The first-order chi connectivity index (χ1) is 9.80. The van der Waals surface area contributed by atoms with Crippen molar-refractivity contribution in [2.24, 2.45) is 16.7 Å². The van der Waals surface area contributed by atoms with Crippen LogP contribution < -0.4 is 0 Å². The van der Waals surface area contributed by atoms with E-state index >= 15 is 0 Å².